The molecular formula is C12H19N5O. The zero-order valence-electron chi connectivity index (χ0n) is 10.6. The van der Waals surface area contributed by atoms with Crippen LogP contribution in [0.1, 0.15) is 38.1 Å². The van der Waals surface area contributed by atoms with E-state index in [1.807, 2.05) is 6.92 Å². The van der Waals surface area contributed by atoms with E-state index in [9.17, 15) is 4.79 Å². The number of hydrogen-bond acceptors (Lipinski definition) is 4. The molecule has 1 aromatic rings. The summed E-state index contributed by atoms with van der Waals surface area (Å²) in [6, 6.07) is -0.0978. The second kappa shape index (κ2) is 4.35. The van der Waals surface area contributed by atoms with Crippen molar-refractivity contribution in [1.29, 1.82) is 0 Å². The first-order valence-electron chi connectivity index (χ1n) is 6.58. The average Bonchev–Trinajstić information content (AvgIpc) is 2.84. The van der Waals surface area contributed by atoms with Gasteiger partial charge in [-0.25, -0.2) is 4.98 Å². The maximum absolute atomic E-state index is 12.2. The number of H-pyrrole nitrogens is 1. The molecule has 1 aromatic heterocycles. The third-order valence-electron chi connectivity index (χ3n) is 4.31. The summed E-state index contributed by atoms with van der Waals surface area (Å²) in [7, 11) is 0. The van der Waals surface area contributed by atoms with E-state index in [0.717, 1.165) is 32.4 Å². The Bertz CT molecular complexity index is 424. The predicted octanol–water partition coefficient (Wildman–Crippen LogP) is 0.372. The number of piperidine rings is 1. The monoisotopic (exact) mass is 249 g/mol. The average molecular weight is 249 g/mol. The molecule has 3 N–H and O–H groups in total. The number of rotatable bonds is 3. The summed E-state index contributed by atoms with van der Waals surface area (Å²) in [6.45, 7) is 4.01. The first kappa shape index (κ1) is 11.6. The van der Waals surface area contributed by atoms with Crippen LogP contribution in [0.3, 0.4) is 0 Å². The number of nitrogens with one attached hydrogen (secondary N) is 3. The summed E-state index contributed by atoms with van der Waals surface area (Å²) in [5.41, 5.74) is 0.288. The van der Waals surface area contributed by atoms with Gasteiger partial charge in [0.25, 0.3) is 0 Å². The van der Waals surface area contributed by atoms with Gasteiger partial charge in [0.2, 0.25) is 5.91 Å². The SMILES string of the molecule is CC(NC(=O)C1CC12CCNCC2)c1ncn[nH]1. The third kappa shape index (κ3) is 2.01. The molecular weight excluding hydrogens is 230 g/mol. The summed E-state index contributed by atoms with van der Waals surface area (Å²) in [4.78, 5) is 16.3. The second-order valence-electron chi connectivity index (χ2n) is 5.47. The lowest BCUT2D eigenvalue weighted by Gasteiger charge is -2.23. The van der Waals surface area contributed by atoms with Gasteiger partial charge in [0.1, 0.15) is 12.2 Å². The normalized spacial score (nSPS) is 26.8. The van der Waals surface area contributed by atoms with Crippen molar-refractivity contribution < 1.29 is 4.79 Å². The summed E-state index contributed by atoms with van der Waals surface area (Å²) in [5.74, 6) is 1.08. The van der Waals surface area contributed by atoms with Gasteiger partial charge < -0.3 is 10.6 Å². The summed E-state index contributed by atoms with van der Waals surface area (Å²) < 4.78 is 0. The standard InChI is InChI=1S/C12H19N5O/c1-8(10-14-7-15-17-10)16-11(18)9-6-12(9)2-4-13-5-3-12/h7-9,13H,2-6H2,1H3,(H,16,18)(H,14,15,17). The molecule has 98 valence electrons. The van der Waals surface area contributed by atoms with Crippen molar-refractivity contribution in [3.05, 3.63) is 12.2 Å². The maximum Gasteiger partial charge on any atom is 0.224 e. The van der Waals surface area contributed by atoms with Gasteiger partial charge in [-0.15, -0.1) is 0 Å². The smallest absolute Gasteiger partial charge is 0.224 e. The van der Waals surface area contributed by atoms with Gasteiger partial charge >= 0.3 is 0 Å². The van der Waals surface area contributed by atoms with Crippen molar-refractivity contribution in [2.45, 2.75) is 32.2 Å². The number of amides is 1. The molecule has 2 unspecified atom stereocenters. The molecule has 2 heterocycles. The lowest BCUT2D eigenvalue weighted by Crippen LogP contribution is -2.34. The first-order valence-corrected chi connectivity index (χ1v) is 6.58. The molecule has 3 rings (SSSR count). The van der Waals surface area contributed by atoms with Gasteiger partial charge in [0.05, 0.1) is 6.04 Å². The maximum atomic E-state index is 12.2. The zero-order chi connectivity index (χ0) is 12.6. The molecule has 1 aliphatic carbocycles. The van der Waals surface area contributed by atoms with Crippen LogP contribution in [0.25, 0.3) is 0 Å². The predicted molar refractivity (Wildman–Crippen MR) is 65.6 cm³/mol. The molecule has 1 spiro atoms. The van der Waals surface area contributed by atoms with E-state index >= 15 is 0 Å². The number of nitrogens with zero attached hydrogens (tertiary/aromatic N) is 2. The fraction of sp³-hybridized carbons (Fsp3) is 0.750. The molecule has 1 saturated carbocycles. The van der Waals surface area contributed by atoms with E-state index in [1.54, 1.807) is 0 Å². The fourth-order valence-corrected chi connectivity index (χ4v) is 3.00. The Kier molecular flexibility index (Phi) is 2.81. The molecule has 2 aliphatic rings. The van der Waals surface area contributed by atoms with Crippen LogP contribution in [0.5, 0.6) is 0 Å². The molecule has 0 radical (unpaired) electrons. The molecule has 1 amide bonds. The van der Waals surface area contributed by atoms with Crippen molar-refractivity contribution in [3.8, 4) is 0 Å². The molecule has 6 heteroatoms. The Morgan fingerprint density at radius 1 is 1.56 bits per heavy atom. The molecule has 1 saturated heterocycles. The highest BCUT2D eigenvalue weighted by atomic mass is 16.2. The lowest BCUT2D eigenvalue weighted by molar-refractivity contribution is -0.124. The van der Waals surface area contributed by atoms with E-state index in [0.29, 0.717) is 5.82 Å². The van der Waals surface area contributed by atoms with Crippen LogP contribution in [0.4, 0.5) is 0 Å². The molecule has 2 fully saturated rings. The van der Waals surface area contributed by atoms with Crippen LogP contribution in [-0.2, 0) is 4.79 Å². The van der Waals surface area contributed by atoms with E-state index in [2.05, 4.69) is 25.8 Å². The minimum atomic E-state index is -0.0978. The number of aromatic amines is 1. The molecule has 0 aromatic carbocycles. The molecule has 18 heavy (non-hydrogen) atoms. The molecule has 0 bridgehead atoms. The van der Waals surface area contributed by atoms with Crippen LogP contribution in [0, 0.1) is 11.3 Å². The Morgan fingerprint density at radius 3 is 3.00 bits per heavy atom. The van der Waals surface area contributed by atoms with Crippen LogP contribution in [0.2, 0.25) is 0 Å². The van der Waals surface area contributed by atoms with Crippen molar-refractivity contribution in [1.82, 2.24) is 25.8 Å². The minimum absolute atomic E-state index is 0.0978. The highest BCUT2D eigenvalue weighted by molar-refractivity contribution is 5.82. The fourth-order valence-electron chi connectivity index (χ4n) is 3.00. The van der Waals surface area contributed by atoms with Gasteiger partial charge in [0, 0.05) is 5.92 Å². The van der Waals surface area contributed by atoms with E-state index < -0.39 is 0 Å². The summed E-state index contributed by atoms with van der Waals surface area (Å²) >= 11 is 0. The zero-order valence-corrected chi connectivity index (χ0v) is 10.6. The molecule has 2 atom stereocenters. The van der Waals surface area contributed by atoms with Gasteiger partial charge in [0.15, 0.2) is 0 Å². The Hall–Kier alpha value is -1.43. The van der Waals surface area contributed by atoms with Gasteiger partial charge in [-0.3, -0.25) is 9.89 Å². The van der Waals surface area contributed by atoms with Crippen molar-refractivity contribution in [3.63, 3.8) is 0 Å². The topological polar surface area (TPSA) is 82.7 Å². The second-order valence-corrected chi connectivity index (χ2v) is 5.47. The highest BCUT2D eigenvalue weighted by Crippen LogP contribution is 2.58. The van der Waals surface area contributed by atoms with E-state index in [-0.39, 0.29) is 23.3 Å². The van der Waals surface area contributed by atoms with Crippen LogP contribution in [0.15, 0.2) is 6.33 Å². The van der Waals surface area contributed by atoms with Crippen LogP contribution < -0.4 is 10.6 Å². The van der Waals surface area contributed by atoms with Gasteiger partial charge in [-0.2, -0.15) is 5.10 Å². The third-order valence-corrected chi connectivity index (χ3v) is 4.31. The lowest BCUT2D eigenvalue weighted by atomic mass is 9.91. The molecule has 1 aliphatic heterocycles. The Balaban J connectivity index is 1.57. The number of carbonyl (C=O) groups excluding carboxylic acids is 1. The summed E-state index contributed by atoms with van der Waals surface area (Å²) in [5, 5.41) is 13.0. The van der Waals surface area contributed by atoms with E-state index in [1.165, 1.54) is 6.33 Å². The Morgan fingerprint density at radius 2 is 2.33 bits per heavy atom. The molecule has 6 nitrogen and oxygen atoms in total. The Labute approximate surface area is 106 Å². The van der Waals surface area contributed by atoms with Crippen LogP contribution in [-0.4, -0.2) is 34.2 Å². The number of carbonyl (C=O) groups is 1. The van der Waals surface area contributed by atoms with Crippen LogP contribution >= 0.6 is 0 Å². The largest absolute Gasteiger partial charge is 0.346 e. The quantitative estimate of drug-likeness (QED) is 0.723. The minimum Gasteiger partial charge on any atom is -0.346 e. The van der Waals surface area contributed by atoms with Crippen molar-refractivity contribution in [2.24, 2.45) is 11.3 Å². The highest BCUT2D eigenvalue weighted by Gasteiger charge is 2.57. The van der Waals surface area contributed by atoms with Crippen molar-refractivity contribution in [2.75, 3.05) is 13.1 Å². The number of hydrogen-bond donors (Lipinski definition) is 3. The first-order chi connectivity index (χ1) is 8.71. The number of aromatic nitrogens is 3. The van der Waals surface area contributed by atoms with E-state index in [4.69, 9.17) is 0 Å². The summed E-state index contributed by atoms with van der Waals surface area (Å²) in [6.07, 6.45) is 4.76. The van der Waals surface area contributed by atoms with Crippen molar-refractivity contribution >= 4 is 5.91 Å². The van der Waals surface area contributed by atoms with Gasteiger partial charge in [-0.05, 0) is 44.7 Å². The van der Waals surface area contributed by atoms with Gasteiger partial charge in [-0.1, -0.05) is 0 Å².